The number of aliphatic carboxylic acids is 1. The highest BCUT2D eigenvalue weighted by Gasteiger charge is 2.31. The quantitative estimate of drug-likeness (QED) is 0.703. The van der Waals surface area contributed by atoms with E-state index in [0.717, 1.165) is 0 Å². The predicted molar refractivity (Wildman–Crippen MR) is 66.9 cm³/mol. The van der Waals surface area contributed by atoms with E-state index in [4.69, 9.17) is 5.11 Å². The van der Waals surface area contributed by atoms with Crippen LogP contribution in [0.2, 0.25) is 0 Å². The van der Waals surface area contributed by atoms with E-state index in [9.17, 15) is 9.59 Å². The van der Waals surface area contributed by atoms with E-state index in [2.05, 4.69) is 5.32 Å². The highest BCUT2D eigenvalue weighted by Crippen LogP contribution is 2.12. The van der Waals surface area contributed by atoms with Crippen LogP contribution in [0.3, 0.4) is 0 Å². The molecule has 1 amide bonds. The fourth-order valence-corrected chi connectivity index (χ4v) is 1.46. The molecule has 0 rings (SSSR count). The molecule has 0 saturated heterocycles. The van der Waals surface area contributed by atoms with Gasteiger partial charge in [0.1, 0.15) is 0 Å². The summed E-state index contributed by atoms with van der Waals surface area (Å²) in [5.41, 5.74) is -0.618. The van der Waals surface area contributed by atoms with Gasteiger partial charge in [0.25, 0.3) is 0 Å². The number of carboxylic acid groups (broad SMARTS) is 1. The van der Waals surface area contributed by atoms with Gasteiger partial charge in [0, 0.05) is 19.0 Å². The molecule has 5 heteroatoms. The molecule has 0 aromatic carbocycles. The summed E-state index contributed by atoms with van der Waals surface area (Å²) in [6.45, 7) is 7.99. The summed E-state index contributed by atoms with van der Waals surface area (Å²) in [7, 11) is 1.74. The number of likely N-dealkylation sites (N-methyl/N-ethyl adjacent to an activating group) is 1. The molecule has 0 aromatic rings. The molecule has 100 valence electrons. The minimum atomic E-state index is -0.825. The predicted octanol–water partition coefficient (Wildman–Crippen LogP) is 1.09. The zero-order chi connectivity index (χ0) is 13.6. The van der Waals surface area contributed by atoms with Crippen LogP contribution in [0.4, 0.5) is 0 Å². The fourth-order valence-electron chi connectivity index (χ4n) is 1.46. The molecule has 0 fully saturated rings. The Morgan fingerprint density at radius 1 is 1.35 bits per heavy atom. The van der Waals surface area contributed by atoms with E-state index in [1.807, 2.05) is 27.7 Å². The van der Waals surface area contributed by atoms with Crippen LogP contribution in [-0.2, 0) is 9.59 Å². The molecule has 0 atom stereocenters. The zero-order valence-corrected chi connectivity index (χ0v) is 11.4. The van der Waals surface area contributed by atoms with E-state index in [1.165, 1.54) is 0 Å². The van der Waals surface area contributed by atoms with Gasteiger partial charge in [0.15, 0.2) is 0 Å². The van der Waals surface area contributed by atoms with Crippen molar-refractivity contribution in [2.75, 3.05) is 13.6 Å². The summed E-state index contributed by atoms with van der Waals surface area (Å²) in [6.07, 6.45) is 0.579. The minimum absolute atomic E-state index is 0.000360. The summed E-state index contributed by atoms with van der Waals surface area (Å²) in [6, 6.07) is 0.0731. The summed E-state index contributed by atoms with van der Waals surface area (Å²) in [5.74, 6) is -0.825. The Kier molecular flexibility index (Phi) is 6.16. The topological polar surface area (TPSA) is 69.6 Å². The second kappa shape index (κ2) is 6.59. The third-order valence-corrected chi connectivity index (χ3v) is 2.83. The fraction of sp³-hybridized carbons (Fsp3) is 0.833. The van der Waals surface area contributed by atoms with Crippen LogP contribution in [0, 0.1) is 0 Å². The van der Waals surface area contributed by atoms with Crippen molar-refractivity contribution in [1.82, 2.24) is 10.2 Å². The van der Waals surface area contributed by atoms with Gasteiger partial charge in [-0.3, -0.25) is 9.59 Å². The Labute approximate surface area is 103 Å². The first-order chi connectivity index (χ1) is 7.72. The van der Waals surface area contributed by atoms with Crippen molar-refractivity contribution in [1.29, 1.82) is 0 Å². The van der Waals surface area contributed by atoms with Gasteiger partial charge >= 0.3 is 5.97 Å². The van der Waals surface area contributed by atoms with E-state index >= 15 is 0 Å². The summed E-state index contributed by atoms with van der Waals surface area (Å²) < 4.78 is 0. The molecule has 0 saturated carbocycles. The first-order valence-corrected chi connectivity index (χ1v) is 5.94. The molecule has 0 aromatic heterocycles. The molecule has 0 bridgehead atoms. The molecule has 0 heterocycles. The zero-order valence-electron chi connectivity index (χ0n) is 11.4. The van der Waals surface area contributed by atoms with Gasteiger partial charge in [-0.1, -0.05) is 0 Å². The first kappa shape index (κ1) is 15.9. The highest BCUT2D eigenvalue weighted by atomic mass is 16.4. The third-order valence-electron chi connectivity index (χ3n) is 2.83. The molecule has 2 N–H and O–H groups in total. The second-order valence-electron chi connectivity index (χ2n) is 4.96. The van der Waals surface area contributed by atoms with Crippen LogP contribution in [-0.4, -0.2) is 47.1 Å². The van der Waals surface area contributed by atoms with Crippen molar-refractivity contribution in [3.05, 3.63) is 0 Å². The van der Waals surface area contributed by atoms with Crippen molar-refractivity contribution < 1.29 is 14.7 Å². The molecule has 0 aliphatic rings. The number of rotatable bonds is 7. The summed E-state index contributed by atoms with van der Waals surface area (Å²) in [5, 5.41) is 11.6. The van der Waals surface area contributed by atoms with Crippen LogP contribution >= 0.6 is 0 Å². The smallest absolute Gasteiger partial charge is 0.303 e. The summed E-state index contributed by atoms with van der Waals surface area (Å²) >= 11 is 0. The molecule has 0 spiro atoms. The number of carbonyl (C=O) groups excluding carboxylic acids is 1. The molecule has 0 radical (unpaired) electrons. The van der Waals surface area contributed by atoms with Crippen LogP contribution in [0.5, 0.6) is 0 Å². The van der Waals surface area contributed by atoms with Gasteiger partial charge in [0.2, 0.25) is 5.91 Å². The van der Waals surface area contributed by atoms with Gasteiger partial charge in [-0.15, -0.1) is 0 Å². The lowest BCUT2D eigenvalue weighted by atomic mass is 10.0. The van der Waals surface area contributed by atoms with E-state index in [0.29, 0.717) is 13.0 Å². The average molecular weight is 244 g/mol. The third kappa shape index (κ3) is 5.17. The number of nitrogens with one attached hydrogen (secondary N) is 1. The number of hydrogen-bond acceptors (Lipinski definition) is 3. The van der Waals surface area contributed by atoms with Crippen LogP contribution in [0.25, 0.3) is 0 Å². The second-order valence-corrected chi connectivity index (χ2v) is 4.96. The molecule has 0 aliphatic heterocycles. The molecule has 0 unspecified atom stereocenters. The molecular formula is C12H24N2O3. The highest BCUT2D eigenvalue weighted by molar-refractivity contribution is 5.85. The maximum atomic E-state index is 12.2. The van der Waals surface area contributed by atoms with Crippen LogP contribution in [0.1, 0.15) is 40.5 Å². The normalized spacial score (nSPS) is 11.6. The van der Waals surface area contributed by atoms with E-state index in [1.54, 1.807) is 11.9 Å². The number of amides is 1. The van der Waals surface area contributed by atoms with Gasteiger partial charge in [-0.25, -0.2) is 0 Å². The van der Waals surface area contributed by atoms with Crippen molar-refractivity contribution in [3.8, 4) is 0 Å². The number of nitrogens with zero attached hydrogens (tertiary/aromatic N) is 1. The Balaban J connectivity index is 4.53. The number of carboxylic acids is 1. The van der Waals surface area contributed by atoms with Crippen molar-refractivity contribution in [2.45, 2.75) is 52.1 Å². The van der Waals surface area contributed by atoms with Gasteiger partial charge in [0.05, 0.1) is 5.54 Å². The minimum Gasteiger partial charge on any atom is -0.481 e. The lowest BCUT2D eigenvalue weighted by molar-refractivity contribution is -0.141. The van der Waals surface area contributed by atoms with E-state index in [-0.39, 0.29) is 18.4 Å². The summed E-state index contributed by atoms with van der Waals surface area (Å²) in [4.78, 5) is 24.4. The van der Waals surface area contributed by atoms with Gasteiger partial charge in [-0.2, -0.15) is 0 Å². The number of hydrogen-bond donors (Lipinski definition) is 2. The Hall–Kier alpha value is -1.10. The van der Waals surface area contributed by atoms with Gasteiger partial charge in [-0.05, 0) is 41.2 Å². The Bertz CT molecular complexity index is 275. The van der Waals surface area contributed by atoms with Crippen LogP contribution in [0.15, 0.2) is 0 Å². The van der Waals surface area contributed by atoms with Crippen molar-refractivity contribution in [3.63, 3.8) is 0 Å². The SMILES string of the molecule is CNC(C)(C)C(=O)N(CCCC(=O)O)C(C)C. The van der Waals surface area contributed by atoms with Crippen LogP contribution < -0.4 is 5.32 Å². The molecule has 0 aliphatic carbocycles. The lowest BCUT2D eigenvalue weighted by Crippen LogP contribution is -2.54. The average Bonchev–Trinajstić information content (AvgIpc) is 2.22. The van der Waals surface area contributed by atoms with Crippen molar-refractivity contribution >= 4 is 11.9 Å². The number of carbonyl (C=O) groups is 2. The maximum Gasteiger partial charge on any atom is 0.303 e. The van der Waals surface area contributed by atoms with Gasteiger partial charge < -0.3 is 15.3 Å². The Morgan fingerprint density at radius 2 is 1.88 bits per heavy atom. The Morgan fingerprint density at radius 3 is 2.24 bits per heavy atom. The lowest BCUT2D eigenvalue weighted by Gasteiger charge is -2.34. The molecule has 17 heavy (non-hydrogen) atoms. The maximum absolute atomic E-state index is 12.2. The van der Waals surface area contributed by atoms with Crippen molar-refractivity contribution in [2.24, 2.45) is 0 Å². The largest absolute Gasteiger partial charge is 0.481 e. The monoisotopic (exact) mass is 244 g/mol. The first-order valence-electron chi connectivity index (χ1n) is 5.94. The molecular weight excluding hydrogens is 220 g/mol. The molecule has 5 nitrogen and oxygen atoms in total. The standard InChI is InChI=1S/C12H24N2O3/c1-9(2)14(8-6-7-10(15)16)11(17)12(3,4)13-5/h9,13H,6-8H2,1-5H3,(H,15,16). The van der Waals surface area contributed by atoms with E-state index < -0.39 is 11.5 Å².